The van der Waals surface area contributed by atoms with E-state index in [4.69, 9.17) is 0 Å². The number of amides is 1. The van der Waals surface area contributed by atoms with E-state index in [-0.39, 0.29) is 5.91 Å². The molecule has 2 N–H and O–H groups in total. The highest BCUT2D eigenvalue weighted by Crippen LogP contribution is 2.26. The van der Waals surface area contributed by atoms with Crippen molar-refractivity contribution in [2.45, 2.75) is 12.5 Å². The molecule has 0 aliphatic heterocycles. The zero-order chi connectivity index (χ0) is 20.6. The largest absolute Gasteiger partial charge is 0.378 e. The molecule has 0 bridgehead atoms. The van der Waals surface area contributed by atoms with Crippen LogP contribution in [0, 0.1) is 0 Å². The highest BCUT2D eigenvalue weighted by molar-refractivity contribution is 5.97. The van der Waals surface area contributed by atoms with Gasteiger partial charge in [0.15, 0.2) is 0 Å². The molecule has 0 atom stereocenters. The van der Waals surface area contributed by atoms with Crippen molar-refractivity contribution in [2.24, 2.45) is 0 Å². The van der Waals surface area contributed by atoms with Crippen molar-refractivity contribution in [2.75, 3.05) is 10.6 Å². The lowest BCUT2D eigenvalue weighted by molar-refractivity contribution is -0.116. The van der Waals surface area contributed by atoms with Crippen LogP contribution in [0.25, 0.3) is 0 Å². The Bertz CT molecular complexity index is 1030. The van der Waals surface area contributed by atoms with Crippen molar-refractivity contribution in [3.05, 3.63) is 120 Å². The summed E-state index contributed by atoms with van der Waals surface area (Å²) in [6.45, 7) is 0.609. The molecule has 148 valence electrons. The first-order valence-corrected chi connectivity index (χ1v) is 9.80. The third-order valence-electron chi connectivity index (χ3n) is 4.74. The zero-order valence-corrected chi connectivity index (χ0v) is 16.4. The summed E-state index contributed by atoms with van der Waals surface area (Å²) >= 11 is 0. The minimum Gasteiger partial charge on any atom is -0.378 e. The molecule has 2 heterocycles. The summed E-state index contributed by atoms with van der Waals surface area (Å²) in [6, 6.07) is 29.0. The predicted octanol–water partition coefficient (Wildman–Crippen LogP) is 4.86. The average Bonchev–Trinajstić information content (AvgIpc) is 2.81. The summed E-state index contributed by atoms with van der Waals surface area (Å²) in [5, 5.41) is 6.23. The van der Waals surface area contributed by atoms with E-state index in [0.29, 0.717) is 12.4 Å². The Kier molecular flexibility index (Phi) is 6.11. The predicted molar refractivity (Wildman–Crippen MR) is 119 cm³/mol. The number of carbonyl (C=O) groups is 1. The van der Waals surface area contributed by atoms with E-state index in [1.807, 2.05) is 84.9 Å². The van der Waals surface area contributed by atoms with Gasteiger partial charge in [-0.15, -0.1) is 0 Å². The molecule has 0 fully saturated rings. The molecule has 0 aliphatic carbocycles. The molecule has 0 radical (unpaired) electrons. The highest BCUT2D eigenvalue weighted by Gasteiger charge is 2.22. The lowest BCUT2D eigenvalue weighted by Gasteiger charge is -2.17. The molecule has 2 aromatic heterocycles. The average molecular weight is 394 g/mol. The number of aromatic nitrogens is 2. The Morgan fingerprint density at radius 1 is 0.767 bits per heavy atom. The molecule has 4 rings (SSSR count). The molecule has 0 saturated carbocycles. The second kappa shape index (κ2) is 9.47. The van der Waals surface area contributed by atoms with Gasteiger partial charge in [0, 0.05) is 6.20 Å². The van der Waals surface area contributed by atoms with Gasteiger partial charge in [-0.25, -0.2) is 4.98 Å². The number of pyridine rings is 2. The molecule has 0 saturated heterocycles. The minimum atomic E-state index is -0.406. The van der Waals surface area contributed by atoms with E-state index in [9.17, 15) is 4.79 Å². The Morgan fingerprint density at radius 2 is 1.43 bits per heavy atom. The second-order valence-electron chi connectivity index (χ2n) is 6.85. The molecule has 0 aliphatic rings. The van der Waals surface area contributed by atoms with Crippen molar-refractivity contribution >= 4 is 17.4 Å². The number of hydrogen-bond donors (Lipinski definition) is 2. The van der Waals surface area contributed by atoms with E-state index < -0.39 is 5.92 Å². The van der Waals surface area contributed by atoms with Gasteiger partial charge in [0.2, 0.25) is 5.91 Å². The zero-order valence-electron chi connectivity index (χ0n) is 16.4. The van der Waals surface area contributed by atoms with Gasteiger partial charge < -0.3 is 10.6 Å². The van der Waals surface area contributed by atoms with E-state index in [0.717, 1.165) is 22.5 Å². The van der Waals surface area contributed by atoms with Crippen LogP contribution in [0.5, 0.6) is 0 Å². The number of nitrogens with zero attached hydrogens (tertiary/aromatic N) is 2. The van der Waals surface area contributed by atoms with E-state index >= 15 is 0 Å². The monoisotopic (exact) mass is 394 g/mol. The summed E-state index contributed by atoms with van der Waals surface area (Å²) < 4.78 is 0. The number of carbonyl (C=O) groups excluding carboxylic acids is 1. The molecule has 5 heteroatoms. The Labute approximate surface area is 175 Å². The maximum Gasteiger partial charge on any atom is 0.237 e. The van der Waals surface area contributed by atoms with Crippen LogP contribution in [0.2, 0.25) is 0 Å². The fraction of sp³-hybridized carbons (Fsp3) is 0.0800. The highest BCUT2D eigenvalue weighted by atomic mass is 16.1. The standard InChI is InChI=1S/C25H22N4O/c30-25(24(19-9-3-1-4-10-19)20-11-5-2-6-12-20)29-23-15-14-22(18-28-23)27-17-21-13-7-8-16-26-21/h1-16,18,24,27H,17H2,(H,28,29,30). The van der Waals surface area contributed by atoms with Crippen molar-refractivity contribution in [1.82, 2.24) is 9.97 Å². The summed E-state index contributed by atoms with van der Waals surface area (Å²) in [5.74, 6) is -0.00880. The summed E-state index contributed by atoms with van der Waals surface area (Å²) in [6.07, 6.45) is 3.47. The van der Waals surface area contributed by atoms with Gasteiger partial charge in [0.1, 0.15) is 5.82 Å². The number of nitrogens with one attached hydrogen (secondary N) is 2. The van der Waals surface area contributed by atoms with Crippen LogP contribution >= 0.6 is 0 Å². The topological polar surface area (TPSA) is 66.9 Å². The van der Waals surface area contributed by atoms with Crippen LogP contribution in [0.3, 0.4) is 0 Å². The first kappa shape index (κ1) is 19.3. The number of anilines is 2. The minimum absolute atomic E-state index is 0.117. The van der Waals surface area contributed by atoms with Crippen LogP contribution in [-0.2, 0) is 11.3 Å². The van der Waals surface area contributed by atoms with Gasteiger partial charge in [-0.1, -0.05) is 66.7 Å². The Balaban J connectivity index is 1.46. The smallest absolute Gasteiger partial charge is 0.237 e. The Hall–Kier alpha value is -3.99. The van der Waals surface area contributed by atoms with Crippen molar-refractivity contribution in [3.8, 4) is 0 Å². The molecule has 2 aromatic carbocycles. The van der Waals surface area contributed by atoms with Gasteiger partial charge >= 0.3 is 0 Å². The van der Waals surface area contributed by atoms with E-state index in [1.165, 1.54) is 0 Å². The molecule has 4 aromatic rings. The van der Waals surface area contributed by atoms with Crippen molar-refractivity contribution in [1.29, 1.82) is 0 Å². The number of benzene rings is 2. The quantitative estimate of drug-likeness (QED) is 0.470. The van der Waals surface area contributed by atoms with Crippen molar-refractivity contribution in [3.63, 3.8) is 0 Å². The maximum absolute atomic E-state index is 13.1. The molecule has 0 unspecified atom stereocenters. The van der Waals surface area contributed by atoms with Gasteiger partial charge in [-0.05, 0) is 35.4 Å². The van der Waals surface area contributed by atoms with Crippen LogP contribution in [0.4, 0.5) is 11.5 Å². The lowest BCUT2D eigenvalue weighted by atomic mass is 9.90. The lowest BCUT2D eigenvalue weighted by Crippen LogP contribution is -2.22. The number of rotatable bonds is 7. The Morgan fingerprint density at radius 3 is 2.00 bits per heavy atom. The fourth-order valence-corrected chi connectivity index (χ4v) is 3.25. The molecule has 0 spiro atoms. The summed E-state index contributed by atoms with van der Waals surface area (Å²) in [5.41, 5.74) is 3.69. The third-order valence-corrected chi connectivity index (χ3v) is 4.74. The molecule has 1 amide bonds. The normalized spacial score (nSPS) is 10.6. The van der Waals surface area contributed by atoms with E-state index in [1.54, 1.807) is 18.5 Å². The molecular formula is C25H22N4O. The summed E-state index contributed by atoms with van der Waals surface area (Å²) in [7, 11) is 0. The first-order chi connectivity index (χ1) is 14.8. The van der Waals surface area contributed by atoms with Gasteiger partial charge in [0.25, 0.3) is 0 Å². The third kappa shape index (κ3) is 4.89. The number of hydrogen-bond acceptors (Lipinski definition) is 4. The second-order valence-corrected chi connectivity index (χ2v) is 6.85. The van der Waals surface area contributed by atoms with Crippen molar-refractivity contribution < 1.29 is 4.79 Å². The molecule has 5 nitrogen and oxygen atoms in total. The van der Waals surface area contributed by atoms with Crippen LogP contribution in [-0.4, -0.2) is 15.9 Å². The first-order valence-electron chi connectivity index (χ1n) is 9.80. The van der Waals surface area contributed by atoms with Crippen LogP contribution in [0.1, 0.15) is 22.7 Å². The fourth-order valence-electron chi connectivity index (χ4n) is 3.25. The molecule has 30 heavy (non-hydrogen) atoms. The molecular weight excluding hydrogens is 372 g/mol. The van der Waals surface area contributed by atoms with Gasteiger partial charge in [-0.3, -0.25) is 9.78 Å². The van der Waals surface area contributed by atoms with Gasteiger partial charge in [0.05, 0.1) is 30.0 Å². The van der Waals surface area contributed by atoms with Gasteiger partial charge in [-0.2, -0.15) is 0 Å². The van der Waals surface area contributed by atoms with E-state index in [2.05, 4.69) is 20.6 Å². The maximum atomic E-state index is 13.1. The van der Waals surface area contributed by atoms with Crippen LogP contribution < -0.4 is 10.6 Å². The SMILES string of the molecule is O=C(Nc1ccc(NCc2ccccn2)cn1)C(c1ccccc1)c1ccccc1. The summed E-state index contributed by atoms with van der Waals surface area (Å²) in [4.78, 5) is 21.8. The van der Waals surface area contributed by atoms with Crippen LogP contribution in [0.15, 0.2) is 103 Å².